The molecule has 2 N–H and O–H groups in total. The molecule has 0 atom stereocenters. The van der Waals surface area contributed by atoms with Gasteiger partial charge in [-0.15, -0.1) is 24.0 Å². The van der Waals surface area contributed by atoms with Crippen molar-refractivity contribution in [3.63, 3.8) is 0 Å². The zero-order valence-electron chi connectivity index (χ0n) is 18.2. The van der Waals surface area contributed by atoms with Gasteiger partial charge < -0.3 is 19.5 Å². The van der Waals surface area contributed by atoms with Gasteiger partial charge in [0.25, 0.3) is 0 Å². The van der Waals surface area contributed by atoms with Crippen LogP contribution in [0.2, 0.25) is 0 Å². The Kier molecular flexibility index (Phi) is 8.45. The molecule has 162 valence electrons. The van der Waals surface area contributed by atoms with Gasteiger partial charge in [-0.25, -0.2) is 15.0 Å². The van der Waals surface area contributed by atoms with Gasteiger partial charge in [0.2, 0.25) is 11.8 Å². The van der Waals surface area contributed by atoms with Crippen molar-refractivity contribution in [2.45, 2.75) is 53.1 Å². The van der Waals surface area contributed by atoms with Gasteiger partial charge in [0.1, 0.15) is 17.7 Å². The summed E-state index contributed by atoms with van der Waals surface area (Å²) in [5, 5.41) is 6.46. The number of guanidine groups is 1. The smallest absolute Gasteiger partial charge is 0.226 e. The van der Waals surface area contributed by atoms with Crippen LogP contribution in [0.4, 0.5) is 0 Å². The summed E-state index contributed by atoms with van der Waals surface area (Å²) >= 11 is 0. The van der Waals surface area contributed by atoms with Gasteiger partial charge in [0.15, 0.2) is 5.96 Å². The summed E-state index contributed by atoms with van der Waals surface area (Å²) in [6.07, 6.45) is 3.43. The van der Waals surface area contributed by atoms with Crippen molar-refractivity contribution in [2.75, 3.05) is 6.54 Å². The van der Waals surface area contributed by atoms with E-state index in [1.807, 2.05) is 31.2 Å². The average molecular weight is 523 g/mol. The molecule has 0 saturated heterocycles. The third-order valence-electron chi connectivity index (χ3n) is 4.29. The largest absolute Gasteiger partial charge is 0.444 e. The van der Waals surface area contributed by atoms with Crippen molar-refractivity contribution in [3.05, 3.63) is 59.6 Å². The normalized spacial score (nSPS) is 11.8. The number of benzene rings is 1. The molecule has 0 aliphatic heterocycles. The number of hydrogen-bond donors (Lipinski definition) is 2. The number of oxazole rings is 2. The molecule has 8 heteroatoms. The molecule has 0 amide bonds. The van der Waals surface area contributed by atoms with Crippen LogP contribution in [0.25, 0.3) is 11.5 Å². The van der Waals surface area contributed by atoms with Gasteiger partial charge in [-0.3, -0.25) is 0 Å². The van der Waals surface area contributed by atoms with E-state index in [2.05, 4.69) is 53.3 Å². The van der Waals surface area contributed by atoms with E-state index < -0.39 is 0 Å². The van der Waals surface area contributed by atoms with Crippen LogP contribution in [-0.4, -0.2) is 22.5 Å². The quantitative estimate of drug-likeness (QED) is 0.274. The SMILES string of the molecule is CCNC(=NCc1coc(-c2ccc(C)cc2)n1)NCc1ncc(C(C)(C)C)o1.I. The topological polar surface area (TPSA) is 88.5 Å². The number of aryl methyl sites for hydroxylation is 1. The van der Waals surface area contributed by atoms with Crippen LogP contribution in [0, 0.1) is 6.92 Å². The van der Waals surface area contributed by atoms with E-state index in [0.717, 1.165) is 23.6 Å². The Hall–Kier alpha value is -2.36. The Bertz CT molecular complexity index is 955. The zero-order valence-corrected chi connectivity index (χ0v) is 20.5. The van der Waals surface area contributed by atoms with Crippen molar-refractivity contribution < 1.29 is 8.83 Å². The zero-order chi connectivity index (χ0) is 20.9. The molecule has 0 aliphatic rings. The van der Waals surface area contributed by atoms with Gasteiger partial charge in [0, 0.05) is 17.5 Å². The van der Waals surface area contributed by atoms with E-state index in [4.69, 9.17) is 8.83 Å². The Morgan fingerprint density at radius 2 is 1.87 bits per heavy atom. The molecule has 0 bridgehead atoms. The summed E-state index contributed by atoms with van der Waals surface area (Å²) < 4.78 is 11.4. The van der Waals surface area contributed by atoms with E-state index in [9.17, 15) is 0 Å². The summed E-state index contributed by atoms with van der Waals surface area (Å²) in [4.78, 5) is 13.4. The van der Waals surface area contributed by atoms with Crippen molar-refractivity contribution >= 4 is 29.9 Å². The Morgan fingerprint density at radius 1 is 1.13 bits per heavy atom. The maximum absolute atomic E-state index is 5.82. The second-order valence-corrected chi connectivity index (χ2v) is 7.93. The minimum atomic E-state index is -0.0635. The first kappa shape index (κ1) is 23.9. The third-order valence-corrected chi connectivity index (χ3v) is 4.29. The monoisotopic (exact) mass is 523 g/mol. The summed E-state index contributed by atoms with van der Waals surface area (Å²) in [7, 11) is 0. The highest BCUT2D eigenvalue weighted by atomic mass is 127. The molecule has 1 aromatic carbocycles. The molecule has 7 nitrogen and oxygen atoms in total. The molecule has 0 radical (unpaired) electrons. The second kappa shape index (κ2) is 10.6. The number of aliphatic imine (C=N–C) groups is 1. The predicted molar refractivity (Wildman–Crippen MR) is 129 cm³/mol. The highest BCUT2D eigenvalue weighted by molar-refractivity contribution is 14.0. The standard InChI is InChI=1S/C22H29N5O2.HI/c1-6-23-21(26-13-19-24-12-18(29-19)22(3,4)5)25-11-17-14-28-20(27-17)16-9-7-15(2)8-10-16;/h7-10,12,14H,6,11,13H2,1-5H3,(H2,23,25,26);1H. The first-order chi connectivity index (χ1) is 13.8. The molecule has 30 heavy (non-hydrogen) atoms. The molecule has 0 saturated carbocycles. The lowest BCUT2D eigenvalue weighted by Gasteiger charge is -2.13. The fourth-order valence-electron chi connectivity index (χ4n) is 2.61. The van der Waals surface area contributed by atoms with E-state index >= 15 is 0 Å². The van der Waals surface area contributed by atoms with Gasteiger partial charge in [-0.05, 0) is 26.0 Å². The van der Waals surface area contributed by atoms with Crippen LogP contribution in [0.1, 0.15) is 50.6 Å². The number of aromatic nitrogens is 2. The molecule has 2 aromatic heterocycles. The molecule has 3 rings (SSSR count). The average Bonchev–Trinajstić information content (AvgIpc) is 3.34. The molecule has 0 spiro atoms. The van der Waals surface area contributed by atoms with Gasteiger partial charge >= 0.3 is 0 Å². The van der Waals surface area contributed by atoms with Gasteiger partial charge in [-0.2, -0.15) is 0 Å². The summed E-state index contributed by atoms with van der Waals surface area (Å²) in [5.74, 6) is 2.76. The number of halogens is 1. The minimum Gasteiger partial charge on any atom is -0.444 e. The first-order valence-electron chi connectivity index (χ1n) is 9.84. The Morgan fingerprint density at radius 3 is 2.50 bits per heavy atom. The molecule has 0 unspecified atom stereocenters. The van der Waals surface area contributed by atoms with Crippen LogP contribution < -0.4 is 10.6 Å². The maximum atomic E-state index is 5.82. The fourth-order valence-corrected chi connectivity index (χ4v) is 2.61. The van der Waals surface area contributed by atoms with E-state index in [1.165, 1.54) is 5.56 Å². The van der Waals surface area contributed by atoms with E-state index in [1.54, 1.807) is 12.5 Å². The van der Waals surface area contributed by atoms with E-state index in [-0.39, 0.29) is 29.4 Å². The lowest BCUT2D eigenvalue weighted by molar-refractivity contribution is 0.379. The van der Waals surface area contributed by atoms with Crippen molar-refractivity contribution in [2.24, 2.45) is 4.99 Å². The second-order valence-electron chi connectivity index (χ2n) is 7.93. The molecular weight excluding hydrogens is 493 g/mol. The summed E-state index contributed by atoms with van der Waals surface area (Å²) in [6, 6.07) is 8.08. The highest BCUT2D eigenvalue weighted by Crippen LogP contribution is 2.22. The highest BCUT2D eigenvalue weighted by Gasteiger charge is 2.19. The van der Waals surface area contributed by atoms with Gasteiger partial charge in [0.05, 0.1) is 19.3 Å². The molecule has 0 aliphatic carbocycles. The Balaban J connectivity index is 0.00000320. The van der Waals surface area contributed by atoms with Crippen molar-refractivity contribution in [1.29, 1.82) is 0 Å². The summed E-state index contributed by atoms with van der Waals surface area (Å²) in [5.41, 5.74) is 2.86. The fraction of sp³-hybridized carbons (Fsp3) is 0.409. The third kappa shape index (κ3) is 6.58. The number of nitrogens with zero attached hydrogens (tertiary/aromatic N) is 3. The number of nitrogens with one attached hydrogen (secondary N) is 2. The van der Waals surface area contributed by atoms with Crippen molar-refractivity contribution in [3.8, 4) is 11.5 Å². The molecule has 3 aromatic rings. The van der Waals surface area contributed by atoms with Crippen LogP contribution in [0.15, 0.2) is 50.6 Å². The van der Waals surface area contributed by atoms with E-state index in [0.29, 0.717) is 30.8 Å². The lowest BCUT2D eigenvalue weighted by atomic mass is 9.94. The van der Waals surface area contributed by atoms with Gasteiger partial charge in [-0.1, -0.05) is 38.5 Å². The molecule has 0 fully saturated rings. The van der Waals surface area contributed by atoms with Crippen LogP contribution in [0.5, 0.6) is 0 Å². The predicted octanol–water partition coefficient (Wildman–Crippen LogP) is 4.81. The van der Waals surface area contributed by atoms with Crippen LogP contribution in [0.3, 0.4) is 0 Å². The van der Waals surface area contributed by atoms with Crippen LogP contribution in [-0.2, 0) is 18.5 Å². The lowest BCUT2D eigenvalue weighted by Crippen LogP contribution is -2.36. The Labute approximate surface area is 194 Å². The van der Waals surface area contributed by atoms with Crippen LogP contribution >= 0.6 is 24.0 Å². The maximum Gasteiger partial charge on any atom is 0.226 e. The number of rotatable bonds is 6. The number of hydrogen-bond acceptors (Lipinski definition) is 5. The van der Waals surface area contributed by atoms with Crippen molar-refractivity contribution in [1.82, 2.24) is 20.6 Å². The minimum absolute atomic E-state index is 0. The molecular formula is C22H30IN5O2. The summed E-state index contributed by atoms with van der Waals surface area (Å²) in [6.45, 7) is 12.0. The molecule has 2 heterocycles. The first-order valence-corrected chi connectivity index (χ1v) is 9.84.